The van der Waals surface area contributed by atoms with Crippen LogP contribution >= 0.6 is 0 Å². The van der Waals surface area contributed by atoms with Crippen LogP contribution in [0.3, 0.4) is 0 Å². The smallest absolute Gasteiger partial charge is 0.160 e. The van der Waals surface area contributed by atoms with E-state index in [0.29, 0.717) is 5.84 Å². The molecule has 1 aliphatic rings. The van der Waals surface area contributed by atoms with Crippen molar-refractivity contribution >= 4 is 87.9 Å². The van der Waals surface area contributed by atoms with Crippen LogP contribution in [0, 0.1) is 0 Å². The van der Waals surface area contributed by atoms with Crippen LogP contribution in [-0.2, 0) is 0 Å². The highest BCUT2D eigenvalue weighted by molar-refractivity contribution is 6.24. The number of fused-ring (bicyclic) bond motifs is 10. The molecule has 56 heavy (non-hydrogen) atoms. The van der Waals surface area contributed by atoms with Crippen molar-refractivity contribution in [2.45, 2.75) is 6.17 Å². The van der Waals surface area contributed by atoms with Crippen LogP contribution in [0.5, 0.6) is 0 Å². The molecule has 0 radical (unpaired) electrons. The van der Waals surface area contributed by atoms with Gasteiger partial charge < -0.3 is 14.2 Å². The first-order valence-corrected chi connectivity index (χ1v) is 18.9. The summed E-state index contributed by atoms with van der Waals surface area (Å²) < 4.78 is 13.3. The molecule has 5 nitrogen and oxygen atoms in total. The van der Waals surface area contributed by atoms with E-state index in [-0.39, 0.29) is 6.17 Å². The lowest BCUT2D eigenvalue weighted by atomic mass is 9.95. The van der Waals surface area contributed by atoms with Crippen molar-refractivity contribution in [2.24, 2.45) is 9.98 Å². The molecule has 1 aliphatic heterocycles. The minimum Gasteiger partial charge on any atom is -0.456 e. The van der Waals surface area contributed by atoms with Gasteiger partial charge in [-0.15, -0.1) is 0 Å². The Hall–Kier alpha value is -7.50. The third kappa shape index (κ3) is 4.81. The van der Waals surface area contributed by atoms with Crippen LogP contribution < -0.4 is 5.32 Å². The predicted molar refractivity (Wildman–Crippen MR) is 231 cm³/mol. The van der Waals surface area contributed by atoms with Gasteiger partial charge in [-0.2, -0.15) is 0 Å². The number of aliphatic imine (C=N–C) groups is 2. The molecule has 0 saturated carbocycles. The highest BCUT2D eigenvalue weighted by Crippen LogP contribution is 2.43. The number of hydrogen-bond acceptors (Lipinski definition) is 5. The van der Waals surface area contributed by atoms with Gasteiger partial charge >= 0.3 is 0 Å². The van der Waals surface area contributed by atoms with Crippen molar-refractivity contribution in [1.29, 1.82) is 0 Å². The molecule has 5 heteroatoms. The first kappa shape index (κ1) is 30.9. The standard InChI is InChI=1S/C51H31N3O2/c1-3-12-32-26-36(22-20-30(32)10-1)49-52-50(37-23-21-31-11-2-4-13-33(31)27-37)54-51(53-49)41-17-9-19-44-46(41)40-25-24-35(29-45(40)55-44)42-28-34-14-5-6-15-38(34)47-39-16-7-8-18-43(39)56-48(42)47/h1-29,49H,(H,52,53,54). The molecule has 12 rings (SSSR count). The van der Waals surface area contributed by atoms with Crippen LogP contribution in [-0.4, -0.2) is 11.7 Å². The zero-order chi connectivity index (χ0) is 36.7. The maximum absolute atomic E-state index is 6.67. The Morgan fingerprint density at radius 3 is 1.96 bits per heavy atom. The van der Waals surface area contributed by atoms with Crippen LogP contribution in [0.1, 0.15) is 22.9 Å². The fourth-order valence-corrected chi connectivity index (χ4v) is 8.57. The summed E-state index contributed by atoms with van der Waals surface area (Å²) in [6.07, 6.45) is -0.354. The first-order chi connectivity index (χ1) is 27.7. The SMILES string of the molecule is c1ccc2cc(C3=NC(c4cccc5oc6cc(-c7cc8ccccc8c8c7oc7ccccc78)ccc6c45)=NC(c4ccc5ccccc5c4)N3)ccc2c1. The highest BCUT2D eigenvalue weighted by atomic mass is 16.3. The Bertz CT molecular complexity index is 3480. The number of amidine groups is 2. The van der Waals surface area contributed by atoms with E-state index in [4.69, 9.17) is 18.8 Å². The fourth-order valence-electron chi connectivity index (χ4n) is 8.57. The molecule has 1 atom stereocenters. The van der Waals surface area contributed by atoms with E-state index in [2.05, 4.69) is 157 Å². The second-order valence-corrected chi connectivity index (χ2v) is 14.6. The second kappa shape index (κ2) is 12.0. The zero-order valence-corrected chi connectivity index (χ0v) is 30.0. The molecule has 3 heterocycles. The topological polar surface area (TPSA) is 63.0 Å². The zero-order valence-electron chi connectivity index (χ0n) is 30.0. The van der Waals surface area contributed by atoms with Gasteiger partial charge in [0.1, 0.15) is 34.3 Å². The maximum atomic E-state index is 6.67. The van der Waals surface area contributed by atoms with Gasteiger partial charge in [0, 0.05) is 38.2 Å². The van der Waals surface area contributed by atoms with Crippen LogP contribution in [0.15, 0.2) is 195 Å². The summed E-state index contributed by atoms with van der Waals surface area (Å²) >= 11 is 0. The van der Waals surface area contributed by atoms with Gasteiger partial charge in [0.15, 0.2) is 5.84 Å². The van der Waals surface area contributed by atoms with Gasteiger partial charge in [-0.05, 0) is 85.9 Å². The molecular weight excluding hydrogens is 687 g/mol. The minimum atomic E-state index is -0.354. The summed E-state index contributed by atoms with van der Waals surface area (Å²) in [6, 6.07) is 61.6. The van der Waals surface area contributed by atoms with Crippen molar-refractivity contribution < 1.29 is 8.83 Å². The Balaban J connectivity index is 1.04. The number of benzene rings is 9. The van der Waals surface area contributed by atoms with Gasteiger partial charge in [-0.1, -0.05) is 133 Å². The van der Waals surface area contributed by atoms with E-state index in [1.807, 2.05) is 24.3 Å². The molecule has 0 saturated heterocycles. The van der Waals surface area contributed by atoms with Crippen molar-refractivity contribution in [3.63, 3.8) is 0 Å². The van der Waals surface area contributed by atoms with Crippen molar-refractivity contribution in [3.8, 4) is 11.1 Å². The van der Waals surface area contributed by atoms with Gasteiger partial charge in [0.2, 0.25) is 0 Å². The third-order valence-electron chi connectivity index (χ3n) is 11.3. The van der Waals surface area contributed by atoms with Gasteiger partial charge in [0.25, 0.3) is 0 Å². The van der Waals surface area contributed by atoms with E-state index >= 15 is 0 Å². The average molecular weight is 718 g/mol. The van der Waals surface area contributed by atoms with Crippen LogP contribution in [0.2, 0.25) is 0 Å². The molecule has 1 unspecified atom stereocenters. The number of hydrogen-bond donors (Lipinski definition) is 1. The van der Waals surface area contributed by atoms with E-state index < -0.39 is 0 Å². The third-order valence-corrected chi connectivity index (χ3v) is 11.3. The van der Waals surface area contributed by atoms with Crippen LogP contribution in [0.25, 0.3) is 87.3 Å². The van der Waals surface area contributed by atoms with Gasteiger partial charge in [-0.3, -0.25) is 0 Å². The molecule has 2 aromatic heterocycles. The molecule has 0 bridgehead atoms. The Morgan fingerprint density at radius 2 is 1.11 bits per heavy atom. The van der Waals surface area contributed by atoms with Gasteiger partial charge in [0.05, 0.1) is 0 Å². The lowest BCUT2D eigenvalue weighted by molar-refractivity contribution is 0.668. The molecule has 11 aromatic rings. The lowest BCUT2D eigenvalue weighted by Crippen LogP contribution is -2.33. The number of furan rings is 2. The van der Waals surface area contributed by atoms with E-state index in [9.17, 15) is 0 Å². The lowest BCUT2D eigenvalue weighted by Gasteiger charge is -2.24. The predicted octanol–water partition coefficient (Wildman–Crippen LogP) is 13.1. The Kier molecular flexibility index (Phi) is 6.63. The summed E-state index contributed by atoms with van der Waals surface area (Å²) in [5.74, 6) is 1.43. The summed E-state index contributed by atoms with van der Waals surface area (Å²) in [4.78, 5) is 10.6. The molecule has 0 spiro atoms. The van der Waals surface area contributed by atoms with Crippen molar-refractivity contribution in [1.82, 2.24) is 5.32 Å². The first-order valence-electron chi connectivity index (χ1n) is 18.9. The number of nitrogens with zero attached hydrogens (tertiary/aromatic N) is 2. The van der Waals surface area contributed by atoms with E-state index in [0.717, 1.165) is 82.9 Å². The van der Waals surface area contributed by atoms with Crippen LogP contribution in [0.4, 0.5) is 0 Å². The summed E-state index contributed by atoms with van der Waals surface area (Å²) in [6.45, 7) is 0. The molecule has 0 aliphatic carbocycles. The summed E-state index contributed by atoms with van der Waals surface area (Å²) in [5, 5.41) is 15.0. The van der Waals surface area contributed by atoms with E-state index in [1.165, 1.54) is 26.9 Å². The molecule has 262 valence electrons. The highest BCUT2D eigenvalue weighted by Gasteiger charge is 2.25. The molecule has 9 aromatic carbocycles. The van der Waals surface area contributed by atoms with Crippen molar-refractivity contribution in [2.75, 3.05) is 0 Å². The van der Waals surface area contributed by atoms with E-state index in [1.54, 1.807) is 0 Å². The largest absolute Gasteiger partial charge is 0.456 e. The molecule has 1 N–H and O–H groups in total. The Labute approximate surface area is 320 Å². The number of nitrogens with one attached hydrogen (secondary N) is 1. The molecular formula is C51H31N3O2. The average Bonchev–Trinajstić information content (AvgIpc) is 3.84. The Morgan fingerprint density at radius 1 is 0.429 bits per heavy atom. The van der Waals surface area contributed by atoms with Gasteiger partial charge in [-0.25, -0.2) is 9.98 Å². The monoisotopic (exact) mass is 717 g/mol. The quantitative estimate of drug-likeness (QED) is 0.197. The maximum Gasteiger partial charge on any atom is 0.160 e. The second-order valence-electron chi connectivity index (χ2n) is 14.6. The molecule has 0 fully saturated rings. The number of rotatable bonds is 4. The fraction of sp³-hybridized carbons (Fsp3) is 0.0196. The molecule has 0 amide bonds. The number of para-hydroxylation sites is 1. The normalized spacial score (nSPS) is 14.6. The van der Waals surface area contributed by atoms with Crippen molar-refractivity contribution in [3.05, 3.63) is 193 Å². The summed E-state index contributed by atoms with van der Waals surface area (Å²) in [7, 11) is 0. The minimum absolute atomic E-state index is 0.354. The summed E-state index contributed by atoms with van der Waals surface area (Å²) in [5.41, 5.74) is 8.38.